The van der Waals surface area contributed by atoms with Crippen LogP contribution in [0, 0.1) is 6.92 Å². The monoisotopic (exact) mass is 349 g/mol. The van der Waals surface area contributed by atoms with Crippen molar-refractivity contribution in [1.82, 2.24) is 0 Å². The van der Waals surface area contributed by atoms with E-state index in [1.807, 2.05) is 0 Å². The van der Waals surface area contributed by atoms with Crippen molar-refractivity contribution in [2.45, 2.75) is 13.3 Å². The molecule has 132 valence electrons. The number of benzene rings is 4. The SMILES string of the molecule is Cc1cccc(Cc2ccccc2)c1N(c1ccccc1)c1ccccc1. The van der Waals surface area contributed by atoms with E-state index in [2.05, 4.69) is 121 Å². The van der Waals surface area contributed by atoms with Gasteiger partial charge in [0.1, 0.15) is 0 Å². The van der Waals surface area contributed by atoms with Crippen LogP contribution in [0.3, 0.4) is 0 Å². The molecule has 0 spiro atoms. The average molecular weight is 349 g/mol. The summed E-state index contributed by atoms with van der Waals surface area (Å²) in [5.41, 5.74) is 7.54. The summed E-state index contributed by atoms with van der Waals surface area (Å²) in [7, 11) is 0. The molecule has 0 heterocycles. The van der Waals surface area contributed by atoms with Gasteiger partial charge in [0.2, 0.25) is 0 Å². The minimum atomic E-state index is 0.911. The van der Waals surface area contributed by atoms with Crippen molar-refractivity contribution in [1.29, 1.82) is 0 Å². The first kappa shape index (κ1) is 17.1. The fourth-order valence-corrected chi connectivity index (χ4v) is 3.56. The number of hydrogen-bond acceptors (Lipinski definition) is 1. The Labute approximate surface area is 161 Å². The molecule has 0 saturated carbocycles. The first-order valence-electron chi connectivity index (χ1n) is 9.35. The molecule has 0 aromatic heterocycles. The van der Waals surface area contributed by atoms with Gasteiger partial charge in [0, 0.05) is 11.4 Å². The van der Waals surface area contributed by atoms with Gasteiger partial charge in [-0.05, 0) is 54.3 Å². The highest BCUT2D eigenvalue weighted by Gasteiger charge is 2.17. The first-order valence-corrected chi connectivity index (χ1v) is 9.35. The van der Waals surface area contributed by atoms with Gasteiger partial charge in [-0.25, -0.2) is 0 Å². The molecule has 0 aliphatic carbocycles. The van der Waals surface area contributed by atoms with Crippen molar-refractivity contribution in [3.8, 4) is 0 Å². The normalized spacial score (nSPS) is 10.6. The molecule has 4 aromatic rings. The quantitative estimate of drug-likeness (QED) is 0.373. The lowest BCUT2D eigenvalue weighted by atomic mass is 9.98. The van der Waals surface area contributed by atoms with Crippen LogP contribution in [0.5, 0.6) is 0 Å². The highest BCUT2D eigenvalue weighted by atomic mass is 15.1. The van der Waals surface area contributed by atoms with Gasteiger partial charge in [-0.1, -0.05) is 84.9 Å². The summed E-state index contributed by atoms with van der Waals surface area (Å²) in [5, 5.41) is 0. The number of rotatable bonds is 5. The van der Waals surface area contributed by atoms with E-state index in [0.717, 1.165) is 6.42 Å². The molecule has 0 amide bonds. The van der Waals surface area contributed by atoms with Crippen molar-refractivity contribution >= 4 is 17.1 Å². The molecular formula is C26H23N. The summed E-state index contributed by atoms with van der Waals surface area (Å²) in [5.74, 6) is 0. The van der Waals surface area contributed by atoms with E-state index < -0.39 is 0 Å². The molecule has 0 atom stereocenters. The van der Waals surface area contributed by atoms with Crippen molar-refractivity contribution in [3.63, 3.8) is 0 Å². The molecular weight excluding hydrogens is 326 g/mol. The third kappa shape index (κ3) is 3.78. The van der Waals surface area contributed by atoms with Crippen LogP contribution in [-0.4, -0.2) is 0 Å². The Hall–Kier alpha value is -3.32. The second-order valence-corrected chi connectivity index (χ2v) is 6.75. The molecule has 1 heteroatoms. The van der Waals surface area contributed by atoms with Crippen LogP contribution in [0.15, 0.2) is 109 Å². The molecule has 0 radical (unpaired) electrons. The lowest BCUT2D eigenvalue weighted by molar-refractivity contribution is 1.14. The van der Waals surface area contributed by atoms with Gasteiger partial charge in [0.05, 0.1) is 5.69 Å². The zero-order chi connectivity index (χ0) is 18.5. The Bertz CT molecular complexity index is 953. The molecule has 0 bridgehead atoms. The second-order valence-electron chi connectivity index (χ2n) is 6.75. The Morgan fingerprint density at radius 2 is 1.07 bits per heavy atom. The maximum Gasteiger partial charge on any atom is 0.0526 e. The maximum atomic E-state index is 2.37. The summed E-state index contributed by atoms with van der Waals surface area (Å²) in [6.45, 7) is 2.20. The van der Waals surface area contributed by atoms with Gasteiger partial charge in [-0.3, -0.25) is 0 Å². The number of aryl methyl sites for hydroxylation is 1. The van der Waals surface area contributed by atoms with Crippen molar-refractivity contribution in [3.05, 3.63) is 126 Å². The molecule has 1 nitrogen and oxygen atoms in total. The van der Waals surface area contributed by atoms with E-state index in [9.17, 15) is 0 Å². The summed E-state index contributed by atoms with van der Waals surface area (Å²) in [4.78, 5) is 2.37. The maximum absolute atomic E-state index is 2.37. The summed E-state index contributed by atoms with van der Waals surface area (Å²) in [6, 6.07) is 38.5. The predicted octanol–water partition coefficient (Wildman–Crippen LogP) is 7.06. The molecule has 0 saturated heterocycles. The third-order valence-electron chi connectivity index (χ3n) is 4.81. The highest BCUT2D eigenvalue weighted by molar-refractivity contribution is 5.80. The van der Waals surface area contributed by atoms with Crippen LogP contribution in [0.4, 0.5) is 17.1 Å². The Morgan fingerprint density at radius 3 is 1.63 bits per heavy atom. The zero-order valence-electron chi connectivity index (χ0n) is 15.5. The number of nitrogens with zero attached hydrogens (tertiary/aromatic N) is 1. The minimum Gasteiger partial charge on any atom is -0.310 e. The van der Waals surface area contributed by atoms with E-state index in [1.54, 1.807) is 0 Å². The van der Waals surface area contributed by atoms with E-state index in [4.69, 9.17) is 0 Å². The first-order chi connectivity index (χ1) is 13.3. The van der Waals surface area contributed by atoms with Crippen LogP contribution >= 0.6 is 0 Å². The molecule has 27 heavy (non-hydrogen) atoms. The topological polar surface area (TPSA) is 3.24 Å². The van der Waals surface area contributed by atoms with Gasteiger partial charge in [0.25, 0.3) is 0 Å². The van der Waals surface area contributed by atoms with Crippen LogP contribution in [0.25, 0.3) is 0 Å². The van der Waals surface area contributed by atoms with E-state index in [-0.39, 0.29) is 0 Å². The largest absolute Gasteiger partial charge is 0.310 e. The predicted molar refractivity (Wildman–Crippen MR) is 115 cm³/mol. The van der Waals surface area contributed by atoms with Gasteiger partial charge in [-0.2, -0.15) is 0 Å². The lowest BCUT2D eigenvalue weighted by Crippen LogP contribution is -2.13. The van der Waals surface area contributed by atoms with Crippen molar-refractivity contribution < 1.29 is 0 Å². The number of hydrogen-bond donors (Lipinski definition) is 0. The smallest absolute Gasteiger partial charge is 0.0526 e. The second kappa shape index (κ2) is 7.92. The van der Waals surface area contributed by atoms with Crippen LogP contribution in [0.1, 0.15) is 16.7 Å². The molecule has 4 aromatic carbocycles. The Balaban J connectivity index is 1.88. The molecule has 0 aliphatic heterocycles. The highest BCUT2D eigenvalue weighted by Crippen LogP contribution is 2.39. The van der Waals surface area contributed by atoms with E-state index in [0.29, 0.717) is 0 Å². The van der Waals surface area contributed by atoms with E-state index >= 15 is 0 Å². The van der Waals surface area contributed by atoms with Gasteiger partial charge < -0.3 is 4.90 Å². The third-order valence-corrected chi connectivity index (χ3v) is 4.81. The summed E-state index contributed by atoms with van der Waals surface area (Å²) >= 11 is 0. The standard InChI is InChI=1S/C26H23N/c1-21-12-11-15-23(20-22-13-5-2-6-14-22)26(21)27(24-16-7-3-8-17-24)25-18-9-4-10-19-25/h2-19H,20H2,1H3. The zero-order valence-corrected chi connectivity index (χ0v) is 15.5. The number of para-hydroxylation sites is 3. The van der Waals surface area contributed by atoms with Gasteiger partial charge in [-0.15, -0.1) is 0 Å². The Kier molecular flexibility index (Phi) is 5.02. The molecule has 0 fully saturated rings. The average Bonchev–Trinajstić information content (AvgIpc) is 2.73. The van der Waals surface area contributed by atoms with Crippen LogP contribution in [-0.2, 0) is 6.42 Å². The molecule has 0 N–H and O–H groups in total. The van der Waals surface area contributed by atoms with Gasteiger partial charge >= 0.3 is 0 Å². The molecule has 4 rings (SSSR count). The fraction of sp³-hybridized carbons (Fsp3) is 0.0769. The van der Waals surface area contributed by atoms with Crippen LogP contribution < -0.4 is 4.90 Å². The van der Waals surface area contributed by atoms with Crippen molar-refractivity contribution in [2.24, 2.45) is 0 Å². The molecule has 0 unspecified atom stereocenters. The Morgan fingerprint density at radius 1 is 0.556 bits per heavy atom. The fourth-order valence-electron chi connectivity index (χ4n) is 3.56. The minimum absolute atomic E-state index is 0.911. The molecule has 0 aliphatic rings. The summed E-state index contributed by atoms with van der Waals surface area (Å²) in [6.07, 6.45) is 0.911. The number of anilines is 3. The lowest BCUT2D eigenvalue weighted by Gasteiger charge is -2.29. The van der Waals surface area contributed by atoms with Crippen molar-refractivity contribution in [2.75, 3.05) is 4.90 Å². The van der Waals surface area contributed by atoms with E-state index in [1.165, 1.54) is 33.8 Å². The van der Waals surface area contributed by atoms with Crippen LogP contribution in [0.2, 0.25) is 0 Å². The summed E-state index contributed by atoms with van der Waals surface area (Å²) < 4.78 is 0. The van der Waals surface area contributed by atoms with Gasteiger partial charge in [0.15, 0.2) is 0 Å².